The van der Waals surface area contributed by atoms with Gasteiger partial charge in [-0.15, -0.1) is 0 Å². The molecular weight excluding hydrogens is 362 g/mol. The van der Waals surface area contributed by atoms with Crippen molar-refractivity contribution < 1.29 is 22.4 Å². The zero-order valence-corrected chi connectivity index (χ0v) is 13.7. The van der Waals surface area contributed by atoms with Crippen molar-refractivity contribution in [2.75, 3.05) is 10.6 Å². The Hall–Kier alpha value is -3.42. The smallest absolute Gasteiger partial charge is 0.340 e. The van der Waals surface area contributed by atoms with Gasteiger partial charge < -0.3 is 10.6 Å². The maximum absolute atomic E-state index is 12.9. The Balaban J connectivity index is 1.70. The summed E-state index contributed by atoms with van der Waals surface area (Å²) in [6.07, 6.45) is -3.03. The molecule has 0 unspecified atom stereocenters. The van der Waals surface area contributed by atoms with Crippen LogP contribution >= 0.6 is 0 Å². The summed E-state index contributed by atoms with van der Waals surface area (Å²) in [6, 6.07) is 12.7. The van der Waals surface area contributed by atoms with Gasteiger partial charge in [0.1, 0.15) is 11.6 Å². The maximum Gasteiger partial charge on any atom is 0.416 e. The molecule has 2 N–H and O–H groups in total. The number of hydrogen-bond acceptors (Lipinski definition) is 3. The Bertz CT molecular complexity index is 938. The maximum atomic E-state index is 12.9. The SMILES string of the molecule is O=C(Nc1ccc(C(F)(F)F)cc1)c1ccnc(Nc2ccc(F)cc2)c1. The molecule has 3 aromatic rings. The van der Waals surface area contributed by atoms with Gasteiger partial charge >= 0.3 is 6.18 Å². The molecule has 3 rings (SSSR count). The highest BCUT2D eigenvalue weighted by Gasteiger charge is 2.30. The molecule has 1 heterocycles. The lowest BCUT2D eigenvalue weighted by Crippen LogP contribution is -2.13. The number of carbonyl (C=O) groups excluding carboxylic acids is 1. The third kappa shape index (κ3) is 4.81. The number of anilines is 3. The largest absolute Gasteiger partial charge is 0.416 e. The summed E-state index contributed by atoms with van der Waals surface area (Å²) in [5.41, 5.74) is 0.284. The number of aromatic nitrogens is 1. The molecule has 1 amide bonds. The van der Waals surface area contributed by atoms with Gasteiger partial charge in [0.05, 0.1) is 5.56 Å². The molecule has 0 aliphatic rings. The van der Waals surface area contributed by atoms with Gasteiger partial charge in [0.25, 0.3) is 5.91 Å². The molecule has 1 aromatic heterocycles. The van der Waals surface area contributed by atoms with Crippen LogP contribution in [0.25, 0.3) is 0 Å². The number of carbonyl (C=O) groups is 1. The van der Waals surface area contributed by atoms with Crippen molar-refractivity contribution in [2.45, 2.75) is 6.18 Å². The Kier molecular flexibility index (Phi) is 5.07. The van der Waals surface area contributed by atoms with Gasteiger partial charge in [-0.1, -0.05) is 0 Å². The first-order chi connectivity index (χ1) is 12.8. The minimum atomic E-state index is -4.44. The molecule has 8 heteroatoms. The summed E-state index contributed by atoms with van der Waals surface area (Å²) in [4.78, 5) is 16.4. The molecular formula is C19H13F4N3O. The summed E-state index contributed by atoms with van der Waals surface area (Å²) in [5.74, 6) is -0.515. The van der Waals surface area contributed by atoms with E-state index in [1.807, 2.05) is 0 Å². The Morgan fingerprint density at radius 1 is 0.889 bits per heavy atom. The van der Waals surface area contributed by atoms with E-state index < -0.39 is 17.6 Å². The first-order valence-electron chi connectivity index (χ1n) is 7.78. The summed E-state index contributed by atoms with van der Waals surface area (Å²) >= 11 is 0. The minimum Gasteiger partial charge on any atom is -0.340 e. The molecule has 0 atom stereocenters. The topological polar surface area (TPSA) is 54.0 Å². The molecule has 27 heavy (non-hydrogen) atoms. The molecule has 0 aliphatic carbocycles. The van der Waals surface area contributed by atoms with E-state index >= 15 is 0 Å². The van der Waals surface area contributed by atoms with E-state index in [9.17, 15) is 22.4 Å². The van der Waals surface area contributed by atoms with Crippen LogP contribution in [0, 0.1) is 5.82 Å². The van der Waals surface area contributed by atoms with Gasteiger partial charge in [-0.25, -0.2) is 9.37 Å². The predicted octanol–water partition coefficient (Wildman–Crippen LogP) is 5.24. The van der Waals surface area contributed by atoms with Crippen molar-refractivity contribution in [2.24, 2.45) is 0 Å². The minimum absolute atomic E-state index is 0.234. The van der Waals surface area contributed by atoms with Crippen molar-refractivity contribution in [1.29, 1.82) is 0 Å². The summed E-state index contributed by atoms with van der Waals surface area (Å²) in [6.45, 7) is 0. The molecule has 0 spiro atoms. The van der Waals surface area contributed by atoms with Gasteiger partial charge in [0, 0.05) is 23.1 Å². The molecule has 0 aliphatic heterocycles. The van der Waals surface area contributed by atoms with Crippen molar-refractivity contribution >= 4 is 23.1 Å². The first-order valence-corrected chi connectivity index (χ1v) is 7.78. The highest BCUT2D eigenvalue weighted by Crippen LogP contribution is 2.29. The molecule has 138 valence electrons. The average Bonchev–Trinajstić information content (AvgIpc) is 2.63. The van der Waals surface area contributed by atoms with E-state index in [4.69, 9.17) is 0 Å². The van der Waals surface area contributed by atoms with E-state index in [1.165, 1.54) is 54.7 Å². The number of rotatable bonds is 4. The van der Waals surface area contributed by atoms with E-state index in [0.717, 1.165) is 12.1 Å². The molecule has 0 saturated carbocycles. The molecule has 0 bridgehead atoms. The summed E-state index contributed by atoms with van der Waals surface area (Å²) < 4.78 is 50.6. The Morgan fingerprint density at radius 2 is 1.52 bits per heavy atom. The quantitative estimate of drug-likeness (QED) is 0.614. The van der Waals surface area contributed by atoms with Crippen LogP contribution in [0.15, 0.2) is 66.9 Å². The van der Waals surface area contributed by atoms with Gasteiger partial charge in [-0.3, -0.25) is 4.79 Å². The number of nitrogens with one attached hydrogen (secondary N) is 2. The highest BCUT2D eigenvalue weighted by molar-refractivity contribution is 6.04. The Labute approximate surface area is 151 Å². The van der Waals surface area contributed by atoms with Crippen LogP contribution in [-0.4, -0.2) is 10.9 Å². The Morgan fingerprint density at radius 3 is 2.15 bits per heavy atom. The van der Waals surface area contributed by atoms with Crippen LogP contribution in [0.2, 0.25) is 0 Å². The van der Waals surface area contributed by atoms with E-state index in [-0.39, 0.29) is 17.1 Å². The van der Waals surface area contributed by atoms with Crippen LogP contribution in [0.1, 0.15) is 15.9 Å². The normalized spacial score (nSPS) is 11.1. The predicted molar refractivity (Wildman–Crippen MR) is 93.3 cm³/mol. The highest BCUT2D eigenvalue weighted by atomic mass is 19.4. The van der Waals surface area contributed by atoms with E-state index in [2.05, 4.69) is 15.6 Å². The monoisotopic (exact) mass is 375 g/mol. The lowest BCUT2D eigenvalue weighted by molar-refractivity contribution is -0.137. The zero-order chi connectivity index (χ0) is 19.4. The second-order valence-electron chi connectivity index (χ2n) is 5.59. The third-order valence-corrected chi connectivity index (χ3v) is 3.61. The van der Waals surface area contributed by atoms with E-state index in [1.54, 1.807) is 0 Å². The van der Waals surface area contributed by atoms with Gasteiger partial charge in [-0.05, 0) is 60.7 Å². The fourth-order valence-electron chi connectivity index (χ4n) is 2.27. The molecule has 0 saturated heterocycles. The first kappa shape index (κ1) is 18.4. The number of alkyl halides is 3. The van der Waals surface area contributed by atoms with Crippen molar-refractivity contribution in [3.05, 3.63) is 83.8 Å². The second-order valence-corrected chi connectivity index (χ2v) is 5.59. The third-order valence-electron chi connectivity index (χ3n) is 3.61. The number of benzene rings is 2. The number of hydrogen-bond donors (Lipinski definition) is 2. The molecule has 0 radical (unpaired) electrons. The van der Waals surface area contributed by atoms with Crippen molar-refractivity contribution in [3.63, 3.8) is 0 Å². The fraction of sp³-hybridized carbons (Fsp3) is 0.0526. The fourth-order valence-corrected chi connectivity index (χ4v) is 2.27. The zero-order valence-electron chi connectivity index (χ0n) is 13.7. The van der Waals surface area contributed by atoms with Gasteiger partial charge in [0.15, 0.2) is 0 Å². The number of amides is 1. The molecule has 4 nitrogen and oxygen atoms in total. The van der Waals surface area contributed by atoms with Crippen molar-refractivity contribution in [3.8, 4) is 0 Å². The molecule has 2 aromatic carbocycles. The van der Waals surface area contributed by atoms with Crippen LogP contribution < -0.4 is 10.6 Å². The molecule has 0 fully saturated rings. The lowest BCUT2D eigenvalue weighted by atomic mass is 10.2. The summed E-state index contributed by atoms with van der Waals surface area (Å²) in [5, 5.41) is 5.46. The second kappa shape index (κ2) is 7.45. The number of halogens is 4. The van der Waals surface area contributed by atoms with Crippen LogP contribution in [0.5, 0.6) is 0 Å². The van der Waals surface area contributed by atoms with Crippen LogP contribution in [0.4, 0.5) is 34.8 Å². The van der Waals surface area contributed by atoms with Crippen LogP contribution in [0.3, 0.4) is 0 Å². The van der Waals surface area contributed by atoms with E-state index in [0.29, 0.717) is 11.5 Å². The summed E-state index contributed by atoms with van der Waals surface area (Å²) in [7, 11) is 0. The van der Waals surface area contributed by atoms with Crippen LogP contribution in [-0.2, 0) is 6.18 Å². The average molecular weight is 375 g/mol. The standard InChI is InChI=1S/C19H13F4N3O/c20-14-3-7-15(8-4-14)25-17-11-12(9-10-24-17)18(27)26-16-5-1-13(2-6-16)19(21,22)23/h1-11H,(H,24,25)(H,26,27). The lowest BCUT2D eigenvalue weighted by Gasteiger charge is -2.10. The number of nitrogens with zero attached hydrogens (tertiary/aromatic N) is 1. The van der Waals surface area contributed by atoms with Gasteiger partial charge in [0.2, 0.25) is 0 Å². The number of pyridine rings is 1. The van der Waals surface area contributed by atoms with Crippen molar-refractivity contribution in [1.82, 2.24) is 4.98 Å². The van der Waals surface area contributed by atoms with Gasteiger partial charge in [-0.2, -0.15) is 13.2 Å².